The van der Waals surface area contributed by atoms with Gasteiger partial charge in [0, 0.05) is 36.4 Å². The van der Waals surface area contributed by atoms with E-state index in [1.807, 2.05) is 68.4 Å². The lowest BCUT2D eigenvalue weighted by molar-refractivity contribution is -0.154. The fraction of sp³-hybridized carbons (Fsp3) is 0.276. The standard InChI is InChI=1S/C29H29NO5/c1-19-3-4-24(17-20(19)2)27(32)30-25-11-9-22(10-12-25)21-5-7-23(8-6-21)26(31)18-29(28(33)34)13-15-35-16-14-29/h3-12,17H,13-16,18H2,1-2H3,(H,30,32)(H,33,34). The summed E-state index contributed by atoms with van der Waals surface area (Å²) in [6.45, 7) is 4.71. The maximum atomic E-state index is 12.8. The highest BCUT2D eigenvalue weighted by molar-refractivity contribution is 6.04. The molecule has 0 spiro atoms. The minimum atomic E-state index is -1.05. The molecule has 1 aliphatic rings. The average molecular weight is 472 g/mol. The molecule has 2 N–H and O–H groups in total. The van der Waals surface area contributed by atoms with Gasteiger partial charge < -0.3 is 15.2 Å². The van der Waals surface area contributed by atoms with Crippen LogP contribution in [0.2, 0.25) is 0 Å². The van der Waals surface area contributed by atoms with Gasteiger partial charge >= 0.3 is 5.97 Å². The van der Waals surface area contributed by atoms with E-state index in [2.05, 4.69) is 5.32 Å². The SMILES string of the molecule is Cc1ccc(C(=O)Nc2ccc(-c3ccc(C(=O)CC4(C(=O)O)CCOCC4)cc3)cc2)cc1C. The van der Waals surface area contributed by atoms with E-state index in [0.717, 1.165) is 22.3 Å². The van der Waals surface area contributed by atoms with Crippen LogP contribution in [0.3, 0.4) is 0 Å². The van der Waals surface area contributed by atoms with Gasteiger partial charge in [-0.3, -0.25) is 14.4 Å². The Labute approximate surface area is 204 Å². The summed E-state index contributed by atoms with van der Waals surface area (Å²) < 4.78 is 5.29. The molecule has 35 heavy (non-hydrogen) atoms. The number of carbonyl (C=O) groups excluding carboxylic acids is 2. The highest BCUT2D eigenvalue weighted by Gasteiger charge is 2.42. The molecule has 180 valence electrons. The lowest BCUT2D eigenvalue weighted by Gasteiger charge is -2.32. The molecule has 0 aromatic heterocycles. The molecular weight excluding hydrogens is 442 g/mol. The lowest BCUT2D eigenvalue weighted by Crippen LogP contribution is -2.39. The number of benzene rings is 3. The van der Waals surface area contributed by atoms with Crippen molar-refractivity contribution in [3.8, 4) is 11.1 Å². The minimum Gasteiger partial charge on any atom is -0.481 e. The van der Waals surface area contributed by atoms with Crippen molar-refractivity contribution in [2.24, 2.45) is 5.41 Å². The Morgan fingerprint density at radius 2 is 1.40 bits per heavy atom. The Kier molecular flexibility index (Phi) is 7.12. The Balaban J connectivity index is 1.42. The molecule has 0 aliphatic carbocycles. The summed E-state index contributed by atoms with van der Waals surface area (Å²) in [7, 11) is 0. The number of aryl methyl sites for hydroxylation is 2. The number of ketones is 1. The molecule has 1 heterocycles. The van der Waals surface area contributed by atoms with Gasteiger partial charge in [0.15, 0.2) is 5.78 Å². The Morgan fingerprint density at radius 3 is 1.97 bits per heavy atom. The number of hydrogen-bond acceptors (Lipinski definition) is 4. The predicted molar refractivity (Wildman–Crippen MR) is 135 cm³/mol. The van der Waals surface area contributed by atoms with Gasteiger partial charge in [-0.15, -0.1) is 0 Å². The van der Waals surface area contributed by atoms with Gasteiger partial charge in [0.25, 0.3) is 5.91 Å². The Bertz CT molecular complexity index is 1240. The molecule has 0 saturated carbocycles. The molecule has 6 heteroatoms. The summed E-state index contributed by atoms with van der Waals surface area (Å²) in [4.78, 5) is 37.2. The number of Topliss-reactive ketones (excluding diaryl/α,β-unsaturated/α-hetero) is 1. The number of carboxylic acids is 1. The van der Waals surface area contributed by atoms with Gasteiger partial charge in [-0.1, -0.05) is 42.5 Å². The van der Waals surface area contributed by atoms with Crippen LogP contribution in [0.4, 0.5) is 5.69 Å². The van der Waals surface area contributed by atoms with E-state index in [1.54, 1.807) is 12.1 Å². The van der Waals surface area contributed by atoms with E-state index in [9.17, 15) is 19.5 Å². The monoisotopic (exact) mass is 471 g/mol. The summed E-state index contributed by atoms with van der Waals surface area (Å²) in [5.41, 5.74) is 4.84. The number of amides is 1. The van der Waals surface area contributed by atoms with Crippen LogP contribution in [0.15, 0.2) is 66.7 Å². The summed E-state index contributed by atoms with van der Waals surface area (Å²) >= 11 is 0. The minimum absolute atomic E-state index is 0.0278. The molecule has 1 aliphatic heterocycles. The van der Waals surface area contributed by atoms with Gasteiger partial charge in [-0.25, -0.2) is 0 Å². The number of carbonyl (C=O) groups is 3. The van der Waals surface area contributed by atoms with E-state index in [4.69, 9.17) is 4.74 Å². The van der Waals surface area contributed by atoms with Gasteiger partial charge in [-0.05, 0) is 73.2 Å². The first-order valence-corrected chi connectivity index (χ1v) is 11.7. The number of aliphatic carboxylic acids is 1. The molecule has 1 fully saturated rings. The Hall–Kier alpha value is -3.77. The summed E-state index contributed by atoms with van der Waals surface area (Å²) in [5.74, 6) is -1.27. The highest BCUT2D eigenvalue weighted by Crippen LogP contribution is 2.36. The van der Waals surface area contributed by atoms with E-state index in [0.29, 0.717) is 42.9 Å². The largest absolute Gasteiger partial charge is 0.481 e. The van der Waals surface area contributed by atoms with Crippen molar-refractivity contribution in [2.45, 2.75) is 33.1 Å². The number of carboxylic acid groups (broad SMARTS) is 1. The van der Waals surface area contributed by atoms with Crippen molar-refractivity contribution in [1.82, 2.24) is 0 Å². The number of hydrogen-bond donors (Lipinski definition) is 2. The average Bonchev–Trinajstić information content (AvgIpc) is 2.86. The third-order valence-corrected chi connectivity index (χ3v) is 6.85. The summed E-state index contributed by atoms with van der Waals surface area (Å²) in [5, 5.41) is 12.6. The van der Waals surface area contributed by atoms with Crippen molar-refractivity contribution in [3.05, 3.63) is 89.0 Å². The number of nitrogens with one attached hydrogen (secondary N) is 1. The number of ether oxygens (including phenoxy) is 1. The van der Waals surface area contributed by atoms with Crippen LogP contribution >= 0.6 is 0 Å². The molecule has 4 rings (SSSR count). The van der Waals surface area contributed by atoms with Crippen LogP contribution in [0.1, 0.15) is 51.1 Å². The number of anilines is 1. The van der Waals surface area contributed by atoms with Crippen LogP contribution in [0.5, 0.6) is 0 Å². The first-order chi connectivity index (χ1) is 16.8. The molecule has 0 atom stereocenters. The Morgan fingerprint density at radius 1 is 0.829 bits per heavy atom. The van der Waals surface area contributed by atoms with Gasteiger partial charge in [0.1, 0.15) is 0 Å². The van der Waals surface area contributed by atoms with Gasteiger partial charge in [-0.2, -0.15) is 0 Å². The topological polar surface area (TPSA) is 92.7 Å². The van der Waals surface area contributed by atoms with Crippen LogP contribution in [0.25, 0.3) is 11.1 Å². The normalized spacial score (nSPS) is 14.8. The zero-order valence-corrected chi connectivity index (χ0v) is 20.0. The van der Waals surface area contributed by atoms with E-state index in [1.165, 1.54) is 0 Å². The second kappa shape index (κ2) is 10.2. The molecule has 6 nitrogen and oxygen atoms in total. The van der Waals surface area contributed by atoms with E-state index >= 15 is 0 Å². The molecule has 3 aromatic carbocycles. The van der Waals surface area contributed by atoms with E-state index < -0.39 is 11.4 Å². The van der Waals surface area contributed by atoms with Crippen molar-refractivity contribution >= 4 is 23.3 Å². The second-order valence-corrected chi connectivity index (χ2v) is 9.21. The smallest absolute Gasteiger partial charge is 0.310 e. The molecule has 0 unspecified atom stereocenters. The lowest BCUT2D eigenvalue weighted by atomic mass is 9.75. The van der Waals surface area contributed by atoms with Gasteiger partial charge in [0.05, 0.1) is 5.41 Å². The molecular formula is C29H29NO5. The first kappa shape index (κ1) is 24.4. The van der Waals surface area contributed by atoms with Crippen LogP contribution in [-0.2, 0) is 9.53 Å². The van der Waals surface area contributed by atoms with Crippen LogP contribution in [-0.4, -0.2) is 36.0 Å². The van der Waals surface area contributed by atoms with Crippen molar-refractivity contribution in [1.29, 1.82) is 0 Å². The summed E-state index contributed by atoms with van der Waals surface area (Å²) in [6.07, 6.45) is 0.664. The molecule has 0 bridgehead atoms. The zero-order valence-electron chi connectivity index (χ0n) is 20.0. The molecule has 0 radical (unpaired) electrons. The van der Waals surface area contributed by atoms with Gasteiger partial charge in [0.2, 0.25) is 0 Å². The maximum Gasteiger partial charge on any atom is 0.310 e. The highest BCUT2D eigenvalue weighted by atomic mass is 16.5. The zero-order chi connectivity index (χ0) is 25.0. The van der Waals surface area contributed by atoms with Crippen molar-refractivity contribution in [3.63, 3.8) is 0 Å². The third kappa shape index (κ3) is 5.49. The predicted octanol–water partition coefficient (Wildman–Crippen LogP) is 5.68. The molecule has 1 saturated heterocycles. The molecule has 3 aromatic rings. The number of rotatable bonds is 7. The fourth-order valence-electron chi connectivity index (χ4n) is 4.32. The van der Waals surface area contributed by atoms with Crippen LogP contribution < -0.4 is 5.32 Å². The van der Waals surface area contributed by atoms with Crippen LogP contribution in [0, 0.1) is 19.3 Å². The van der Waals surface area contributed by atoms with Crippen molar-refractivity contribution < 1.29 is 24.2 Å². The summed E-state index contributed by atoms with van der Waals surface area (Å²) in [6, 6.07) is 20.3. The molecule has 1 amide bonds. The first-order valence-electron chi connectivity index (χ1n) is 11.7. The third-order valence-electron chi connectivity index (χ3n) is 6.85. The van der Waals surface area contributed by atoms with Crippen molar-refractivity contribution in [2.75, 3.05) is 18.5 Å². The second-order valence-electron chi connectivity index (χ2n) is 9.21. The quantitative estimate of drug-likeness (QED) is 0.433. The van der Waals surface area contributed by atoms with E-state index in [-0.39, 0.29) is 18.1 Å². The maximum absolute atomic E-state index is 12.8. The fourth-order valence-corrected chi connectivity index (χ4v) is 4.32.